The predicted molar refractivity (Wildman–Crippen MR) is 45.6 cm³/mol. The number of hydrogen-bond donors (Lipinski definition) is 0. The van der Waals surface area contributed by atoms with Gasteiger partial charge in [-0.15, -0.1) is 0 Å². The molecule has 0 aromatic carbocycles. The summed E-state index contributed by atoms with van der Waals surface area (Å²) in [5, 5.41) is 0.247. The normalized spacial score (nSPS) is 16.5. The van der Waals surface area contributed by atoms with Gasteiger partial charge in [0.15, 0.2) is 5.82 Å². The Hall–Kier alpha value is -0.630. The molecule has 3 heteroatoms. The number of aromatic nitrogens is 1. The Morgan fingerprint density at radius 2 is 2.25 bits per heavy atom. The van der Waals surface area contributed by atoms with Crippen molar-refractivity contribution in [2.45, 2.75) is 19.3 Å². The van der Waals surface area contributed by atoms with E-state index in [9.17, 15) is 4.39 Å². The number of hydrogen-bond acceptors (Lipinski definition) is 1. The van der Waals surface area contributed by atoms with E-state index in [0.717, 1.165) is 18.2 Å². The SMILES string of the molecule is Fc1cncc(CC2CC2)c1Cl. The third kappa shape index (κ3) is 1.58. The van der Waals surface area contributed by atoms with Crippen molar-refractivity contribution >= 4 is 11.6 Å². The van der Waals surface area contributed by atoms with Crippen molar-refractivity contribution in [3.8, 4) is 0 Å². The lowest BCUT2D eigenvalue weighted by molar-refractivity contribution is 0.617. The Bertz CT molecular complexity index is 297. The van der Waals surface area contributed by atoms with Crippen LogP contribution in [0.15, 0.2) is 12.4 Å². The fraction of sp³-hybridized carbons (Fsp3) is 0.444. The molecule has 12 heavy (non-hydrogen) atoms. The summed E-state index contributed by atoms with van der Waals surface area (Å²) < 4.78 is 12.9. The summed E-state index contributed by atoms with van der Waals surface area (Å²) in [5.41, 5.74) is 0.846. The van der Waals surface area contributed by atoms with Crippen molar-refractivity contribution in [2.75, 3.05) is 0 Å². The van der Waals surface area contributed by atoms with Gasteiger partial charge in [0.05, 0.1) is 11.2 Å². The zero-order valence-electron chi connectivity index (χ0n) is 6.56. The van der Waals surface area contributed by atoms with Crippen LogP contribution < -0.4 is 0 Å². The van der Waals surface area contributed by atoms with Crippen LogP contribution in [0.4, 0.5) is 4.39 Å². The lowest BCUT2D eigenvalue weighted by Gasteiger charge is -2.01. The van der Waals surface area contributed by atoms with Gasteiger partial charge in [0.25, 0.3) is 0 Å². The highest BCUT2D eigenvalue weighted by Gasteiger charge is 2.23. The minimum absolute atomic E-state index is 0.247. The van der Waals surface area contributed by atoms with Crippen LogP contribution in [0.3, 0.4) is 0 Å². The maximum absolute atomic E-state index is 12.9. The molecule has 0 radical (unpaired) electrons. The van der Waals surface area contributed by atoms with Gasteiger partial charge in [0, 0.05) is 6.20 Å². The highest BCUT2D eigenvalue weighted by Crippen LogP contribution is 2.34. The molecule has 1 aromatic rings. The molecule has 0 bridgehead atoms. The molecule has 0 unspecified atom stereocenters. The largest absolute Gasteiger partial charge is 0.261 e. The van der Waals surface area contributed by atoms with Crippen molar-refractivity contribution in [1.82, 2.24) is 4.98 Å². The van der Waals surface area contributed by atoms with E-state index in [1.165, 1.54) is 12.8 Å². The molecule has 0 aliphatic heterocycles. The summed E-state index contributed by atoms with van der Waals surface area (Å²) in [6.07, 6.45) is 6.17. The van der Waals surface area contributed by atoms with Crippen molar-refractivity contribution in [3.63, 3.8) is 0 Å². The topological polar surface area (TPSA) is 12.9 Å². The van der Waals surface area contributed by atoms with Gasteiger partial charge in [-0.2, -0.15) is 0 Å². The quantitative estimate of drug-likeness (QED) is 0.691. The molecule has 1 fully saturated rings. The average Bonchev–Trinajstić information content (AvgIpc) is 2.83. The molecule has 1 nitrogen and oxygen atoms in total. The van der Waals surface area contributed by atoms with Crippen molar-refractivity contribution in [3.05, 3.63) is 28.8 Å². The number of pyridine rings is 1. The molecular weight excluding hydrogens is 177 g/mol. The molecule has 1 aromatic heterocycles. The van der Waals surface area contributed by atoms with Crippen molar-refractivity contribution in [1.29, 1.82) is 0 Å². The van der Waals surface area contributed by atoms with Crippen LogP contribution >= 0.6 is 11.6 Å². The van der Waals surface area contributed by atoms with Gasteiger partial charge in [-0.25, -0.2) is 4.39 Å². The molecule has 2 rings (SSSR count). The second-order valence-corrected chi connectivity index (χ2v) is 3.62. The van der Waals surface area contributed by atoms with Gasteiger partial charge in [0.2, 0.25) is 0 Å². The molecular formula is C9H9ClFN. The Morgan fingerprint density at radius 3 is 2.92 bits per heavy atom. The standard InChI is InChI=1S/C9H9ClFN/c10-9-7(3-6-1-2-6)4-12-5-8(9)11/h4-6H,1-3H2. The fourth-order valence-electron chi connectivity index (χ4n) is 1.23. The van der Waals surface area contributed by atoms with Crippen molar-refractivity contribution in [2.24, 2.45) is 5.92 Å². The minimum Gasteiger partial charge on any atom is -0.261 e. The summed E-state index contributed by atoms with van der Waals surface area (Å²) >= 11 is 5.75. The van der Waals surface area contributed by atoms with E-state index < -0.39 is 5.82 Å². The second-order valence-electron chi connectivity index (χ2n) is 3.24. The Labute approximate surface area is 75.6 Å². The molecule has 0 saturated heterocycles. The van der Waals surface area contributed by atoms with E-state index in [1.54, 1.807) is 6.20 Å². The van der Waals surface area contributed by atoms with Crippen LogP contribution in [0, 0.1) is 11.7 Å². The minimum atomic E-state index is -0.408. The molecule has 1 heterocycles. The number of halogens is 2. The van der Waals surface area contributed by atoms with E-state index in [0.29, 0.717) is 5.92 Å². The highest BCUT2D eigenvalue weighted by atomic mass is 35.5. The molecule has 0 atom stereocenters. The van der Waals surface area contributed by atoms with Crippen LogP contribution in [0.5, 0.6) is 0 Å². The third-order valence-corrected chi connectivity index (χ3v) is 2.54. The highest BCUT2D eigenvalue weighted by molar-refractivity contribution is 6.31. The van der Waals surface area contributed by atoms with E-state index in [2.05, 4.69) is 4.98 Å². The molecule has 1 aliphatic rings. The lowest BCUT2D eigenvalue weighted by Crippen LogP contribution is -1.92. The fourth-order valence-corrected chi connectivity index (χ4v) is 1.41. The first-order valence-electron chi connectivity index (χ1n) is 4.05. The summed E-state index contributed by atoms with van der Waals surface area (Å²) in [4.78, 5) is 3.77. The van der Waals surface area contributed by atoms with E-state index >= 15 is 0 Å². The summed E-state index contributed by atoms with van der Waals surface area (Å²) in [6.45, 7) is 0. The zero-order valence-corrected chi connectivity index (χ0v) is 7.31. The first kappa shape index (κ1) is 7.99. The van der Waals surface area contributed by atoms with Crippen LogP contribution in [-0.4, -0.2) is 4.98 Å². The predicted octanol–water partition coefficient (Wildman–Crippen LogP) is 2.83. The average molecular weight is 186 g/mol. The summed E-state index contributed by atoms with van der Waals surface area (Å²) in [7, 11) is 0. The Kier molecular flexibility index (Phi) is 2.01. The van der Waals surface area contributed by atoms with E-state index in [4.69, 9.17) is 11.6 Å². The summed E-state index contributed by atoms with van der Waals surface area (Å²) in [6, 6.07) is 0. The number of rotatable bonds is 2. The maximum atomic E-state index is 12.9. The first-order valence-corrected chi connectivity index (χ1v) is 4.43. The van der Waals surface area contributed by atoms with E-state index in [1.807, 2.05) is 0 Å². The van der Waals surface area contributed by atoms with Crippen LogP contribution in [0.2, 0.25) is 5.02 Å². The van der Waals surface area contributed by atoms with Crippen molar-refractivity contribution < 1.29 is 4.39 Å². The monoisotopic (exact) mass is 185 g/mol. The first-order chi connectivity index (χ1) is 5.77. The Balaban J connectivity index is 2.23. The van der Waals surface area contributed by atoms with Crippen LogP contribution in [-0.2, 0) is 6.42 Å². The van der Waals surface area contributed by atoms with Gasteiger partial charge >= 0.3 is 0 Å². The van der Waals surface area contributed by atoms with Gasteiger partial charge in [-0.05, 0) is 30.7 Å². The maximum Gasteiger partial charge on any atom is 0.160 e. The lowest BCUT2D eigenvalue weighted by atomic mass is 10.1. The molecule has 0 spiro atoms. The Morgan fingerprint density at radius 1 is 1.50 bits per heavy atom. The smallest absolute Gasteiger partial charge is 0.160 e. The molecule has 1 saturated carbocycles. The van der Waals surface area contributed by atoms with Gasteiger partial charge < -0.3 is 0 Å². The summed E-state index contributed by atoms with van der Waals surface area (Å²) in [5.74, 6) is 0.306. The molecule has 0 N–H and O–H groups in total. The van der Waals surface area contributed by atoms with Crippen LogP contribution in [0.1, 0.15) is 18.4 Å². The zero-order chi connectivity index (χ0) is 8.55. The molecule has 64 valence electrons. The third-order valence-electron chi connectivity index (χ3n) is 2.12. The van der Waals surface area contributed by atoms with Gasteiger partial charge in [-0.1, -0.05) is 11.6 Å². The van der Waals surface area contributed by atoms with Crippen LogP contribution in [0.25, 0.3) is 0 Å². The number of nitrogens with zero attached hydrogens (tertiary/aromatic N) is 1. The second kappa shape index (κ2) is 3.02. The molecule has 0 amide bonds. The van der Waals surface area contributed by atoms with E-state index in [-0.39, 0.29) is 5.02 Å². The van der Waals surface area contributed by atoms with Gasteiger partial charge in [-0.3, -0.25) is 4.98 Å². The molecule has 1 aliphatic carbocycles. The van der Waals surface area contributed by atoms with Gasteiger partial charge in [0.1, 0.15) is 0 Å².